The zero-order valence-electron chi connectivity index (χ0n) is 10.7. The number of nitrogens with zero attached hydrogens (tertiary/aromatic N) is 1. The number of carbonyl (C=O) groups excluding carboxylic acids is 1. The van der Waals surface area contributed by atoms with Crippen LogP contribution in [0.3, 0.4) is 0 Å². The van der Waals surface area contributed by atoms with Crippen molar-refractivity contribution in [3.63, 3.8) is 0 Å². The minimum absolute atomic E-state index is 0.0944. The highest BCUT2D eigenvalue weighted by atomic mass is 35.5. The predicted octanol–water partition coefficient (Wildman–Crippen LogP) is 2.86. The Labute approximate surface area is 121 Å². The molecule has 0 aromatic heterocycles. The Morgan fingerprint density at radius 3 is 2.42 bits per heavy atom. The van der Waals surface area contributed by atoms with Gasteiger partial charge in [0, 0.05) is 7.05 Å². The third-order valence-electron chi connectivity index (χ3n) is 2.87. The number of carbonyl (C=O) groups is 2. The molecule has 4 nitrogen and oxygen atoms in total. The van der Waals surface area contributed by atoms with Gasteiger partial charge in [0.25, 0.3) is 0 Å². The molecule has 0 saturated heterocycles. The first-order valence-electron chi connectivity index (χ1n) is 5.79. The van der Waals surface area contributed by atoms with Crippen molar-refractivity contribution in [1.29, 1.82) is 0 Å². The Morgan fingerprint density at radius 1 is 1.32 bits per heavy atom. The second-order valence-electron chi connectivity index (χ2n) is 4.19. The standard InChI is InChI=1S/C13H15Cl2NO3/c1-3-11(13(18)19)16(2)12(17)7-8-4-5-9(14)10(15)6-8/h4-6,11H,3,7H2,1-2H3,(H,18,19). The molecule has 1 aromatic rings. The molecular formula is C13H15Cl2NO3. The average Bonchev–Trinajstić information content (AvgIpc) is 2.34. The van der Waals surface area contributed by atoms with Gasteiger partial charge in [-0.1, -0.05) is 36.2 Å². The van der Waals surface area contributed by atoms with Crippen LogP contribution in [0.2, 0.25) is 10.0 Å². The second kappa shape index (κ2) is 6.78. The minimum atomic E-state index is -1.01. The molecule has 0 bridgehead atoms. The van der Waals surface area contributed by atoms with Gasteiger partial charge >= 0.3 is 5.97 Å². The van der Waals surface area contributed by atoms with E-state index < -0.39 is 12.0 Å². The molecule has 1 atom stereocenters. The number of likely N-dealkylation sites (N-methyl/N-ethyl adjacent to an activating group) is 1. The van der Waals surface area contributed by atoms with Gasteiger partial charge in [-0.2, -0.15) is 0 Å². The third-order valence-corrected chi connectivity index (χ3v) is 3.61. The quantitative estimate of drug-likeness (QED) is 0.910. The lowest BCUT2D eigenvalue weighted by molar-refractivity contribution is -0.148. The number of carboxylic acids is 1. The smallest absolute Gasteiger partial charge is 0.326 e. The van der Waals surface area contributed by atoms with Gasteiger partial charge in [-0.15, -0.1) is 0 Å². The van der Waals surface area contributed by atoms with Crippen molar-refractivity contribution in [2.24, 2.45) is 0 Å². The van der Waals surface area contributed by atoms with Gasteiger partial charge in [-0.3, -0.25) is 4.79 Å². The van der Waals surface area contributed by atoms with Crippen molar-refractivity contribution in [1.82, 2.24) is 4.90 Å². The summed E-state index contributed by atoms with van der Waals surface area (Å²) in [6, 6.07) is 4.11. The van der Waals surface area contributed by atoms with E-state index in [0.29, 0.717) is 22.0 Å². The van der Waals surface area contributed by atoms with Crippen LogP contribution in [0.15, 0.2) is 18.2 Å². The summed E-state index contributed by atoms with van der Waals surface area (Å²) < 4.78 is 0. The first kappa shape index (κ1) is 15.8. The van der Waals surface area contributed by atoms with Gasteiger partial charge in [-0.25, -0.2) is 4.79 Å². The number of halogens is 2. The highest BCUT2D eigenvalue weighted by Gasteiger charge is 2.24. The first-order chi connectivity index (χ1) is 8.86. The molecule has 0 heterocycles. The summed E-state index contributed by atoms with van der Waals surface area (Å²) in [6.45, 7) is 1.72. The van der Waals surface area contributed by atoms with E-state index in [1.165, 1.54) is 11.9 Å². The molecule has 0 fully saturated rings. The third kappa shape index (κ3) is 4.11. The minimum Gasteiger partial charge on any atom is -0.480 e. The van der Waals surface area contributed by atoms with Crippen molar-refractivity contribution in [2.75, 3.05) is 7.05 Å². The molecule has 0 aliphatic carbocycles. The zero-order valence-corrected chi connectivity index (χ0v) is 12.2. The summed E-state index contributed by atoms with van der Waals surface area (Å²) >= 11 is 11.7. The molecule has 0 aliphatic rings. The van der Waals surface area contributed by atoms with Gasteiger partial charge in [0.1, 0.15) is 6.04 Å². The molecule has 1 rings (SSSR count). The van der Waals surface area contributed by atoms with Crippen LogP contribution in [-0.4, -0.2) is 35.0 Å². The lowest BCUT2D eigenvalue weighted by Gasteiger charge is -2.23. The number of benzene rings is 1. The number of hydrogen-bond donors (Lipinski definition) is 1. The van der Waals surface area contributed by atoms with E-state index in [0.717, 1.165) is 0 Å². The van der Waals surface area contributed by atoms with Crippen molar-refractivity contribution < 1.29 is 14.7 Å². The second-order valence-corrected chi connectivity index (χ2v) is 5.01. The predicted molar refractivity (Wildman–Crippen MR) is 74.7 cm³/mol. The van der Waals surface area contributed by atoms with Gasteiger partial charge in [0.2, 0.25) is 5.91 Å². The van der Waals surface area contributed by atoms with E-state index in [2.05, 4.69) is 0 Å². The fourth-order valence-electron chi connectivity index (χ4n) is 1.74. The van der Waals surface area contributed by atoms with E-state index in [-0.39, 0.29) is 12.3 Å². The summed E-state index contributed by atoms with van der Waals surface area (Å²) in [4.78, 5) is 24.2. The van der Waals surface area contributed by atoms with Gasteiger partial charge in [0.05, 0.1) is 16.5 Å². The van der Waals surface area contributed by atoms with E-state index in [1.54, 1.807) is 25.1 Å². The number of aliphatic carboxylic acids is 1. The van der Waals surface area contributed by atoms with Crippen LogP contribution < -0.4 is 0 Å². The van der Waals surface area contributed by atoms with Gasteiger partial charge in [-0.05, 0) is 24.1 Å². The van der Waals surface area contributed by atoms with Crippen LogP contribution in [0.4, 0.5) is 0 Å². The fraction of sp³-hybridized carbons (Fsp3) is 0.385. The Bertz CT molecular complexity index is 491. The molecule has 1 aromatic carbocycles. The molecule has 6 heteroatoms. The van der Waals surface area contributed by atoms with Gasteiger partial charge in [0.15, 0.2) is 0 Å². The van der Waals surface area contributed by atoms with Crippen LogP contribution in [0.25, 0.3) is 0 Å². The summed E-state index contributed by atoms with van der Waals surface area (Å²) in [5.74, 6) is -1.28. The van der Waals surface area contributed by atoms with E-state index in [9.17, 15) is 9.59 Å². The molecular weight excluding hydrogens is 289 g/mol. The Morgan fingerprint density at radius 2 is 1.95 bits per heavy atom. The first-order valence-corrected chi connectivity index (χ1v) is 6.54. The zero-order chi connectivity index (χ0) is 14.6. The number of carboxylic acid groups (broad SMARTS) is 1. The maximum atomic E-state index is 12.0. The molecule has 0 spiro atoms. The molecule has 104 valence electrons. The Kier molecular flexibility index (Phi) is 5.63. The van der Waals surface area contributed by atoms with Gasteiger partial charge < -0.3 is 10.0 Å². The van der Waals surface area contributed by atoms with E-state index in [4.69, 9.17) is 28.3 Å². The van der Waals surface area contributed by atoms with Crippen LogP contribution in [0.1, 0.15) is 18.9 Å². The van der Waals surface area contributed by atoms with Crippen molar-refractivity contribution in [3.05, 3.63) is 33.8 Å². The molecule has 0 aliphatic heterocycles. The average molecular weight is 304 g/mol. The summed E-state index contributed by atoms with van der Waals surface area (Å²) in [6.07, 6.45) is 0.454. The van der Waals surface area contributed by atoms with Crippen LogP contribution in [-0.2, 0) is 16.0 Å². The molecule has 19 heavy (non-hydrogen) atoms. The van der Waals surface area contributed by atoms with Crippen LogP contribution in [0.5, 0.6) is 0 Å². The SMILES string of the molecule is CCC(C(=O)O)N(C)C(=O)Cc1ccc(Cl)c(Cl)c1. The highest BCUT2D eigenvalue weighted by molar-refractivity contribution is 6.42. The van der Waals surface area contributed by atoms with E-state index >= 15 is 0 Å². The van der Waals surface area contributed by atoms with Crippen molar-refractivity contribution in [2.45, 2.75) is 25.8 Å². The normalized spacial score (nSPS) is 12.0. The Balaban J connectivity index is 2.78. The summed E-state index contributed by atoms with van der Waals surface area (Å²) in [5.41, 5.74) is 0.700. The fourth-order valence-corrected chi connectivity index (χ4v) is 2.06. The lowest BCUT2D eigenvalue weighted by atomic mass is 10.1. The summed E-state index contributed by atoms with van der Waals surface area (Å²) in [5, 5.41) is 9.80. The number of amides is 1. The molecule has 1 amide bonds. The largest absolute Gasteiger partial charge is 0.480 e. The monoisotopic (exact) mass is 303 g/mol. The van der Waals surface area contributed by atoms with Crippen LogP contribution in [0, 0.1) is 0 Å². The molecule has 1 N–H and O–H groups in total. The number of rotatable bonds is 5. The molecule has 0 radical (unpaired) electrons. The highest BCUT2D eigenvalue weighted by Crippen LogP contribution is 2.23. The topological polar surface area (TPSA) is 57.6 Å². The summed E-state index contributed by atoms with van der Waals surface area (Å²) in [7, 11) is 1.49. The maximum Gasteiger partial charge on any atom is 0.326 e. The van der Waals surface area contributed by atoms with Crippen molar-refractivity contribution >= 4 is 35.1 Å². The van der Waals surface area contributed by atoms with Crippen LogP contribution >= 0.6 is 23.2 Å². The van der Waals surface area contributed by atoms with Crippen molar-refractivity contribution in [3.8, 4) is 0 Å². The van der Waals surface area contributed by atoms with E-state index in [1.807, 2.05) is 0 Å². The molecule has 1 unspecified atom stereocenters. The lowest BCUT2D eigenvalue weighted by Crippen LogP contribution is -2.42. The number of hydrogen-bond acceptors (Lipinski definition) is 2. The Hall–Kier alpha value is -1.26. The maximum absolute atomic E-state index is 12.0. The molecule has 0 saturated carbocycles.